The zero-order valence-corrected chi connectivity index (χ0v) is 11.3. The highest BCUT2D eigenvalue weighted by molar-refractivity contribution is 4.75. The molecule has 88 valence electrons. The first-order chi connectivity index (χ1) is 6.40. The summed E-state index contributed by atoms with van der Waals surface area (Å²) in [5.74, 6) is 0.602. The lowest BCUT2D eigenvalue weighted by molar-refractivity contribution is -0.0259. The molecule has 2 heteroatoms. The van der Waals surface area contributed by atoms with E-state index in [1.54, 1.807) is 7.11 Å². The molecule has 0 aromatic rings. The summed E-state index contributed by atoms with van der Waals surface area (Å²) < 4.78 is 5.41. The Kier molecular flexibility index (Phi) is 9.63. The molecule has 0 aliphatic heterocycles. The molecule has 1 atom stereocenters. The summed E-state index contributed by atoms with van der Waals surface area (Å²) in [5, 5.41) is 0. The van der Waals surface area contributed by atoms with E-state index in [1.165, 1.54) is 6.42 Å². The van der Waals surface area contributed by atoms with Crippen LogP contribution in [0.4, 0.5) is 0 Å². The molecule has 2 nitrogen and oxygen atoms in total. The van der Waals surface area contributed by atoms with E-state index in [1.807, 2.05) is 13.8 Å². The van der Waals surface area contributed by atoms with Gasteiger partial charge in [0.15, 0.2) is 0 Å². The van der Waals surface area contributed by atoms with Crippen LogP contribution in [-0.2, 0) is 4.74 Å². The molecule has 0 spiro atoms. The largest absolute Gasteiger partial charge is 0.379 e. The number of hydrogen-bond donors (Lipinski definition) is 0. The number of ether oxygens (including phenoxy) is 1. The zero-order chi connectivity index (χ0) is 11.8. The lowest BCUT2D eigenvalue weighted by Gasteiger charge is -2.31. The van der Waals surface area contributed by atoms with E-state index in [4.69, 9.17) is 4.74 Å². The molecule has 0 aliphatic carbocycles. The third-order valence-corrected chi connectivity index (χ3v) is 2.72. The summed E-state index contributed by atoms with van der Waals surface area (Å²) in [6.07, 6.45) is 1.19. The zero-order valence-electron chi connectivity index (χ0n) is 11.3. The molecule has 0 rings (SSSR count). The Morgan fingerprint density at radius 1 is 1.21 bits per heavy atom. The summed E-state index contributed by atoms with van der Waals surface area (Å²) in [6, 6.07) is 0. The van der Waals surface area contributed by atoms with Crippen LogP contribution in [-0.4, -0.2) is 38.3 Å². The highest BCUT2D eigenvalue weighted by Crippen LogP contribution is 2.22. The average Bonchev–Trinajstić information content (AvgIpc) is 2.17. The van der Waals surface area contributed by atoms with Crippen LogP contribution in [0.2, 0.25) is 0 Å². The van der Waals surface area contributed by atoms with E-state index < -0.39 is 0 Å². The normalized spacial score (nSPS) is 13.5. The van der Waals surface area contributed by atoms with Crippen molar-refractivity contribution in [1.82, 2.24) is 4.90 Å². The molecular weight excluding hydrogens is 174 g/mol. The van der Waals surface area contributed by atoms with Crippen molar-refractivity contribution in [2.75, 3.05) is 27.7 Å². The number of nitrogens with zero attached hydrogens (tertiary/aromatic N) is 1. The van der Waals surface area contributed by atoms with Gasteiger partial charge in [0, 0.05) is 7.11 Å². The fraction of sp³-hybridized carbons (Fsp3) is 1.00. The van der Waals surface area contributed by atoms with Crippen LogP contribution < -0.4 is 0 Å². The van der Waals surface area contributed by atoms with Gasteiger partial charge in [-0.15, -0.1) is 0 Å². The molecule has 1 unspecified atom stereocenters. The Bertz CT molecular complexity index is 121. The maximum atomic E-state index is 5.41. The van der Waals surface area contributed by atoms with E-state index in [2.05, 4.69) is 39.8 Å². The maximum Gasteiger partial charge on any atom is 0.0648 e. The highest BCUT2D eigenvalue weighted by Gasteiger charge is 2.24. The van der Waals surface area contributed by atoms with E-state index in [0.29, 0.717) is 5.92 Å². The molecule has 0 radical (unpaired) electrons. The molecule has 0 saturated carbocycles. The van der Waals surface area contributed by atoms with Gasteiger partial charge in [-0.3, -0.25) is 0 Å². The van der Waals surface area contributed by atoms with Gasteiger partial charge in [0.05, 0.1) is 5.60 Å². The first kappa shape index (κ1) is 16.4. The third-order valence-electron chi connectivity index (χ3n) is 2.72. The highest BCUT2D eigenvalue weighted by atomic mass is 16.5. The first-order valence-electron chi connectivity index (χ1n) is 5.60. The van der Waals surface area contributed by atoms with E-state index in [-0.39, 0.29) is 5.60 Å². The molecule has 0 saturated heterocycles. The second-order valence-corrected chi connectivity index (χ2v) is 4.30. The van der Waals surface area contributed by atoms with Crippen LogP contribution in [0.25, 0.3) is 0 Å². The minimum atomic E-state index is 0.00993. The SMILES string of the molecule is CC.COC(C)(C)C(C)CCN(C)C. The van der Waals surface area contributed by atoms with Gasteiger partial charge in [-0.2, -0.15) is 0 Å². The van der Waals surface area contributed by atoms with Crippen LogP contribution in [0.5, 0.6) is 0 Å². The molecule has 0 aromatic carbocycles. The van der Waals surface area contributed by atoms with Crippen molar-refractivity contribution >= 4 is 0 Å². The molecule has 14 heavy (non-hydrogen) atoms. The van der Waals surface area contributed by atoms with Crippen molar-refractivity contribution in [2.45, 2.75) is 46.6 Å². The van der Waals surface area contributed by atoms with Crippen molar-refractivity contribution in [1.29, 1.82) is 0 Å². The predicted molar refractivity (Wildman–Crippen MR) is 64.8 cm³/mol. The van der Waals surface area contributed by atoms with Crippen LogP contribution in [0.3, 0.4) is 0 Å². The van der Waals surface area contributed by atoms with Gasteiger partial charge < -0.3 is 9.64 Å². The van der Waals surface area contributed by atoms with Gasteiger partial charge in [0.2, 0.25) is 0 Å². The third kappa shape index (κ3) is 7.34. The molecule has 0 heterocycles. The van der Waals surface area contributed by atoms with Crippen molar-refractivity contribution in [3.63, 3.8) is 0 Å². The van der Waals surface area contributed by atoms with Gasteiger partial charge in [-0.05, 0) is 46.8 Å². The Hall–Kier alpha value is -0.0800. The fourth-order valence-corrected chi connectivity index (χ4v) is 1.00. The summed E-state index contributed by atoms with van der Waals surface area (Å²) in [5.41, 5.74) is 0.00993. The van der Waals surface area contributed by atoms with Crippen molar-refractivity contribution in [3.8, 4) is 0 Å². The van der Waals surface area contributed by atoms with E-state index >= 15 is 0 Å². The minimum absolute atomic E-state index is 0.00993. The Labute approximate surface area is 90.6 Å². The van der Waals surface area contributed by atoms with E-state index in [0.717, 1.165) is 6.54 Å². The molecule has 0 aromatic heterocycles. The Balaban J connectivity index is 0. The van der Waals surface area contributed by atoms with Crippen molar-refractivity contribution < 1.29 is 4.74 Å². The van der Waals surface area contributed by atoms with Crippen LogP contribution in [0.15, 0.2) is 0 Å². The van der Waals surface area contributed by atoms with E-state index in [9.17, 15) is 0 Å². The molecule has 0 amide bonds. The fourth-order valence-electron chi connectivity index (χ4n) is 1.00. The van der Waals surface area contributed by atoms with Gasteiger partial charge in [0.25, 0.3) is 0 Å². The summed E-state index contributed by atoms with van der Waals surface area (Å²) >= 11 is 0. The quantitative estimate of drug-likeness (QED) is 0.681. The summed E-state index contributed by atoms with van der Waals surface area (Å²) in [6.45, 7) is 11.7. The molecule has 0 bridgehead atoms. The van der Waals surface area contributed by atoms with Gasteiger partial charge in [-0.1, -0.05) is 20.8 Å². The number of methoxy groups -OCH3 is 1. The Morgan fingerprint density at radius 2 is 1.64 bits per heavy atom. The monoisotopic (exact) mass is 203 g/mol. The maximum absolute atomic E-state index is 5.41. The summed E-state index contributed by atoms with van der Waals surface area (Å²) in [7, 11) is 5.99. The second-order valence-electron chi connectivity index (χ2n) is 4.30. The predicted octanol–water partition coefficient (Wildman–Crippen LogP) is 3.03. The number of rotatable bonds is 5. The van der Waals surface area contributed by atoms with Gasteiger partial charge in [-0.25, -0.2) is 0 Å². The molecular formula is C12H29NO. The second kappa shape index (κ2) is 8.25. The standard InChI is InChI=1S/C10H23NO.C2H6/c1-9(7-8-11(4)5)10(2,3)12-6;1-2/h9H,7-8H2,1-6H3;1-2H3. The van der Waals surface area contributed by atoms with Gasteiger partial charge >= 0.3 is 0 Å². The topological polar surface area (TPSA) is 12.5 Å². The summed E-state index contributed by atoms with van der Waals surface area (Å²) in [4.78, 5) is 2.21. The molecule has 0 fully saturated rings. The van der Waals surface area contributed by atoms with Crippen molar-refractivity contribution in [3.05, 3.63) is 0 Å². The van der Waals surface area contributed by atoms with Crippen LogP contribution >= 0.6 is 0 Å². The lowest BCUT2D eigenvalue weighted by Crippen LogP contribution is -2.33. The van der Waals surface area contributed by atoms with Gasteiger partial charge in [0.1, 0.15) is 0 Å². The minimum Gasteiger partial charge on any atom is -0.379 e. The Morgan fingerprint density at radius 3 is 1.93 bits per heavy atom. The molecule has 0 aliphatic rings. The number of hydrogen-bond acceptors (Lipinski definition) is 2. The smallest absolute Gasteiger partial charge is 0.0648 e. The van der Waals surface area contributed by atoms with Crippen molar-refractivity contribution in [2.24, 2.45) is 5.92 Å². The molecule has 0 N–H and O–H groups in total. The lowest BCUT2D eigenvalue weighted by atomic mass is 9.89. The van der Waals surface area contributed by atoms with Crippen LogP contribution in [0, 0.1) is 5.92 Å². The van der Waals surface area contributed by atoms with Crippen LogP contribution in [0.1, 0.15) is 41.0 Å². The first-order valence-corrected chi connectivity index (χ1v) is 5.60. The average molecular weight is 203 g/mol.